The van der Waals surface area contributed by atoms with Crippen LogP contribution in [0.5, 0.6) is 0 Å². The van der Waals surface area contributed by atoms with Crippen LogP contribution in [0.25, 0.3) is 0 Å². The summed E-state index contributed by atoms with van der Waals surface area (Å²) in [6.45, 7) is 3.06. The fourth-order valence-electron chi connectivity index (χ4n) is 3.46. The molecule has 1 aromatic heterocycles. The van der Waals surface area contributed by atoms with Crippen LogP contribution in [0, 0.1) is 0 Å². The summed E-state index contributed by atoms with van der Waals surface area (Å²) in [5.74, 6) is -2.56. The van der Waals surface area contributed by atoms with Crippen LogP contribution in [-0.4, -0.2) is 35.0 Å². The summed E-state index contributed by atoms with van der Waals surface area (Å²) in [6, 6.07) is -0.112. The molecule has 0 aliphatic rings. The topological polar surface area (TPSA) is 73.7 Å². The van der Waals surface area contributed by atoms with E-state index in [0.717, 1.165) is 0 Å². The number of nitrogens with zero attached hydrogens (tertiary/aromatic N) is 3. The molecule has 1 unspecified atom stereocenters. The van der Waals surface area contributed by atoms with E-state index in [1.165, 1.54) is 13.8 Å². The molecule has 224 valence electrons. The first-order chi connectivity index (χ1) is 18.4. The van der Waals surface area contributed by atoms with Gasteiger partial charge in [0.05, 0.1) is 28.4 Å². The van der Waals surface area contributed by atoms with Crippen molar-refractivity contribution in [3.63, 3.8) is 0 Å². The minimum Gasteiger partial charge on any atom is -0.463 e. The van der Waals surface area contributed by atoms with E-state index in [9.17, 15) is 49.1 Å². The number of alkyl halides is 9. The summed E-state index contributed by atoms with van der Waals surface area (Å²) in [5.41, 5.74) is -8.36. The molecule has 0 aliphatic carbocycles. The molecule has 0 spiro atoms. The highest BCUT2D eigenvalue weighted by molar-refractivity contribution is 6.34. The highest BCUT2D eigenvalue weighted by Gasteiger charge is 2.44. The Balaban J connectivity index is 3.18. The zero-order valence-electron chi connectivity index (χ0n) is 21.1. The fourth-order valence-corrected chi connectivity index (χ4v) is 3.77. The smallest absolute Gasteiger partial charge is 0.433 e. The molecule has 1 atom stereocenters. The number of hydrogen-bond acceptors (Lipinski definition) is 6. The average molecular weight is 612 g/mol. The van der Waals surface area contributed by atoms with E-state index >= 15 is 0 Å². The Morgan fingerprint density at radius 2 is 1.60 bits per heavy atom. The third-order valence-electron chi connectivity index (χ3n) is 5.22. The van der Waals surface area contributed by atoms with Gasteiger partial charge in [0.1, 0.15) is 0 Å². The van der Waals surface area contributed by atoms with Crippen molar-refractivity contribution in [1.82, 2.24) is 9.55 Å². The zero-order valence-corrected chi connectivity index (χ0v) is 21.9. The molecular weight excluding hydrogens is 589 g/mol. The SMILES string of the molecule is CCCCn1c(N(c2cc(C(F)(F)F)cc(C(F)(F)F)c2Cl)C(OCC)C(=O)OCC)nc(C(F)(F)F)cc1=O. The molecule has 2 rings (SSSR count). The van der Waals surface area contributed by atoms with E-state index in [-0.39, 0.29) is 42.7 Å². The second kappa shape index (κ2) is 12.7. The van der Waals surface area contributed by atoms with Gasteiger partial charge in [-0.15, -0.1) is 0 Å². The first-order valence-electron chi connectivity index (χ1n) is 11.6. The van der Waals surface area contributed by atoms with Crippen LogP contribution in [0.3, 0.4) is 0 Å². The molecule has 0 aliphatic heterocycles. The highest BCUT2D eigenvalue weighted by Crippen LogP contribution is 2.46. The van der Waals surface area contributed by atoms with Crippen molar-refractivity contribution >= 4 is 29.2 Å². The molecular formula is C23H23ClF9N3O4. The maximum Gasteiger partial charge on any atom is 0.433 e. The van der Waals surface area contributed by atoms with Gasteiger partial charge in [0.25, 0.3) is 5.56 Å². The van der Waals surface area contributed by atoms with Gasteiger partial charge >= 0.3 is 24.5 Å². The van der Waals surface area contributed by atoms with Crippen LogP contribution < -0.4 is 10.5 Å². The Bertz CT molecular complexity index is 1260. The van der Waals surface area contributed by atoms with E-state index in [1.807, 2.05) is 0 Å². The number of hydrogen-bond donors (Lipinski definition) is 0. The van der Waals surface area contributed by atoms with Crippen molar-refractivity contribution in [2.24, 2.45) is 0 Å². The Morgan fingerprint density at radius 3 is 2.08 bits per heavy atom. The van der Waals surface area contributed by atoms with E-state index in [4.69, 9.17) is 21.1 Å². The van der Waals surface area contributed by atoms with E-state index in [2.05, 4.69) is 4.98 Å². The van der Waals surface area contributed by atoms with Gasteiger partial charge in [-0.1, -0.05) is 24.9 Å². The van der Waals surface area contributed by atoms with Crippen LogP contribution in [-0.2, 0) is 39.3 Å². The largest absolute Gasteiger partial charge is 0.463 e. The first kappa shape index (κ1) is 33.2. The standard InChI is InChI=1S/C23H23ClF9N3O4/c1-4-7-8-35-16(37)11-15(23(31,32)33)34-20(35)36(18(39-5-2)19(38)40-6-3)14-10-12(21(25,26)27)9-13(17(14)24)22(28,29)30/h9-11,18H,4-8H2,1-3H3. The molecule has 0 amide bonds. The molecule has 1 aromatic carbocycles. The monoisotopic (exact) mass is 611 g/mol. The number of unbranched alkanes of at least 4 members (excludes halogenated alkanes) is 1. The Labute approximate surface area is 226 Å². The van der Waals surface area contributed by atoms with Crippen LogP contribution in [0.2, 0.25) is 5.02 Å². The minimum atomic E-state index is -5.48. The summed E-state index contributed by atoms with van der Waals surface area (Å²) >= 11 is 5.94. The number of benzene rings is 1. The van der Waals surface area contributed by atoms with Gasteiger partial charge in [-0.25, -0.2) is 9.78 Å². The number of carbonyl (C=O) groups excluding carboxylic acids is 1. The van der Waals surface area contributed by atoms with Crippen molar-refractivity contribution < 1.29 is 53.8 Å². The number of halogens is 10. The van der Waals surface area contributed by atoms with Gasteiger partial charge in [-0.05, 0) is 32.4 Å². The van der Waals surface area contributed by atoms with Crippen LogP contribution in [0.1, 0.15) is 50.4 Å². The van der Waals surface area contributed by atoms with Crippen molar-refractivity contribution in [1.29, 1.82) is 0 Å². The van der Waals surface area contributed by atoms with Gasteiger partial charge in [0.2, 0.25) is 12.2 Å². The zero-order chi connectivity index (χ0) is 30.6. The number of ether oxygens (including phenoxy) is 2. The fraction of sp³-hybridized carbons (Fsp3) is 0.522. The van der Waals surface area contributed by atoms with Gasteiger partial charge in [-0.2, -0.15) is 39.5 Å². The molecule has 0 saturated heterocycles. The molecule has 0 radical (unpaired) electrons. The lowest BCUT2D eigenvalue weighted by Gasteiger charge is -2.34. The number of aromatic nitrogens is 2. The third-order valence-corrected chi connectivity index (χ3v) is 5.62. The molecule has 0 N–H and O–H groups in total. The Hall–Kier alpha value is -3.01. The number of carbonyl (C=O) groups is 1. The highest BCUT2D eigenvalue weighted by atomic mass is 35.5. The molecule has 0 bridgehead atoms. The second-order valence-corrected chi connectivity index (χ2v) is 8.44. The average Bonchev–Trinajstić information content (AvgIpc) is 2.81. The molecule has 7 nitrogen and oxygen atoms in total. The molecule has 0 fully saturated rings. The lowest BCUT2D eigenvalue weighted by Crippen LogP contribution is -2.45. The van der Waals surface area contributed by atoms with Crippen LogP contribution >= 0.6 is 11.6 Å². The molecule has 0 saturated carbocycles. The van der Waals surface area contributed by atoms with Gasteiger partial charge in [0.15, 0.2) is 5.69 Å². The predicted molar refractivity (Wildman–Crippen MR) is 124 cm³/mol. The van der Waals surface area contributed by atoms with Crippen molar-refractivity contribution in [2.75, 3.05) is 18.1 Å². The Morgan fingerprint density at radius 1 is 0.975 bits per heavy atom. The van der Waals surface area contributed by atoms with E-state index < -0.39 is 76.4 Å². The number of esters is 1. The summed E-state index contributed by atoms with van der Waals surface area (Å²) in [7, 11) is 0. The van der Waals surface area contributed by atoms with E-state index in [0.29, 0.717) is 11.0 Å². The van der Waals surface area contributed by atoms with Crippen molar-refractivity contribution in [3.05, 3.63) is 50.4 Å². The molecule has 2 aromatic rings. The van der Waals surface area contributed by atoms with Crippen molar-refractivity contribution in [2.45, 2.75) is 64.9 Å². The molecule has 17 heteroatoms. The number of anilines is 2. The van der Waals surface area contributed by atoms with Gasteiger partial charge < -0.3 is 9.47 Å². The summed E-state index contributed by atoms with van der Waals surface area (Å²) in [5, 5.41) is -1.43. The van der Waals surface area contributed by atoms with E-state index in [1.54, 1.807) is 6.92 Å². The maximum absolute atomic E-state index is 13.8. The maximum atomic E-state index is 13.8. The predicted octanol–water partition coefficient (Wildman–Crippen LogP) is 6.82. The molecule has 40 heavy (non-hydrogen) atoms. The van der Waals surface area contributed by atoms with Crippen LogP contribution in [0.15, 0.2) is 23.0 Å². The quantitative estimate of drug-likeness (QED) is 0.167. The lowest BCUT2D eigenvalue weighted by atomic mass is 10.1. The molecule has 1 heterocycles. The van der Waals surface area contributed by atoms with Crippen LogP contribution in [0.4, 0.5) is 51.1 Å². The Kier molecular flexibility index (Phi) is 10.5. The summed E-state index contributed by atoms with van der Waals surface area (Å²) in [4.78, 5) is 29.2. The summed E-state index contributed by atoms with van der Waals surface area (Å²) < 4.78 is 134. The second-order valence-electron chi connectivity index (χ2n) is 8.06. The van der Waals surface area contributed by atoms with Gasteiger partial charge in [-0.3, -0.25) is 14.3 Å². The normalized spacial score (nSPS) is 13.3. The number of rotatable bonds is 10. The lowest BCUT2D eigenvalue weighted by molar-refractivity contribution is -0.155. The summed E-state index contributed by atoms with van der Waals surface area (Å²) in [6.07, 6.45) is -18.0. The van der Waals surface area contributed by atoms with Gasteiger partial charge in [0, 0.05) is 19.2 Å². The van der Waals surface area contributed by atoms with Crippen molar-refractivity contribution in [3.8, 4) is 0 Å². The third kappa shape index (κ3) is 7.59. The minimum absolute atomic E-state index is 0.0827. The first-order valence-corrected chi connectivity index (χ1v) is 12.0.